The minimum absolute atomic E-state index is 0.0312. The molecule has 1 aliphatic heterocycles. The number of carbonyl (C=O) groups excluding carboxylic acids is 1. The molecule has 2 aromatic rings. The van der Waals surface area contributed by atoms with Crippen molar-refractivity contribution in [3.8, 4) is 0 Å². The molecule has 1 saturated heterocycles. The monoisotopic (exact) mass is 356 g/mol. The molecule has 0 unspecified atom stereocenters. The van der Waals surface area contributed by atoms with Crippen LogP contribution in [0.5, 0.6) is 0 Å². The number of nitrogens with zero attached hydrogens (tertiary/aromatic N) is 3. The van der Waals surface area contributed by atoms with E-state index in [0.717, 1.165) is 36.8 Å². The molecule has 0 saturated carbocycles. The van der Waals surface area contributed by atoms with Crippen molar-refractivity contribution in [3.63, 3.8) is 0 Å². The molecule has 0 aromatic carbocycles. The highest BCUT2D eigenvalue weighted by Crippen LogP contribution is 2.27. The molecule has 1 aliphatic carbocycles. The van der Waals surface area contributed by atoms with Gasteiger partial charge in [-0.25, -0.2) is 9.97 Å². The summed E-state index contributed by atoms with van der Waals surface area (Å²) in [5.74, 6) is 0.790. The van der Waals surface area contributed by atoms with Gasteiger partial charge in [-0.1, -0.05) is 0 Å². The van der Waals surface area contributed by atoms with E-state index >= 15 is 0 Å². The van der Waals surface area contributed by atoms with Crippen molar-refractivity contribution in [3.05, 3.63) is 39.5 Å². The highest BCUT2D eigenvalue weighted by molar-refractivity contribution is 7.11. The Labute approximate surface area is 152 Å². The van der Waals surface area contributed by atoms with Crippen LogP contribution in [0.3, 0.4) is 0 Å². The maximum atomic E-state index is 12.6. The largest absolute Gasteiger partial charge is 0.356 e. The number of rotatable bonds is 5. The summed E-state index contributed by atoms with van der Waals surface area (Å²) in [4.78, 5) is 25.5. The van der Waals surface area contributed by atoms with Gasteiger partial charge in [0.25, 0.3) is 5.91 Å². The van der Waals surface area contributed by atoms with Gasteiger partial charge in [0.15, 0.2) is 0 Å². The smallest absolute Gasteiger partial charge is 0.255 e. The van der Waals surface area contributed by atoms with Gasteiger partial charge in [0.1, 0.15) is 5.82 Å². The Bertz CT molecular complexity index is 728. The Morgan fingerprint density at radius 1 is 1.20 bits per heavy atom. The highest BCUT2D eigenvalue weighted by Gasteiger charge is 2.20. The summed E-state index contributed by atoms with van der Waals surface area (Å²) in [5.41, 5.74) is 1.98. The first-order valence-electron chi connectivity index (χ1n) is 9.27. The normalized spacial score (nSPS) is 16.7. The molecule has 3 heterocycles. The summed E-state index contributed by atoms with van der Waals surface area (Å²) in [6.07, 6.45) is 9.76. The van der Waals surface area contributed by atoms with Crippen LogP contribution in [0.25, 0.3) is 0 Å². The molecule has 0 radical (unpaired) electrons. The van der Waals surface area contributed by atoms with Crippen LogP contribution < -0.4 is 10.2 Å². The predicted molar refractivity (Wildman–Crippen MR) is 100 cm³/mol. The maximum Gasteiger partial charge on any atom is 0.255 e. The molecule has 0 atom stereocenters. The van der Waals surface area contributed by atoms with E-state index < -0.39 is 0 Å². The van der Waals surface area contributed by atoms with Crippen LogP contribution in [0, 0.1) is 0 Å². The van der Waals surface area contributed by atoms with Crippen LogP contribution in [0.1, 0.15) is 51.6 Å². The Morgan fingerprint density at radius 3 is 2.88 bits per heavy atom. The number of fused-ring (bicyclic) bond motifs is 1. The minimum atomic E-state index is -0.0312. The zero-order chi connectivity index (χ0) is 17.1. The number of aromatic nitrogens is 2. The molecule has 6 heteroatoms. The molecular formula is C19H24N4OS. The van der Waals surface area contributed by atoms with Crippen molar-refractivity contribution in [2.45, 2.75) is 44.9 Å². The number of anilines is 1. The predicted octanol–water partition coefficient (Wildman–Crippen LogP) is 2.99. The standard InChI is InChI=1S/C19H24N4OS/c24-19(14-6-5-10-20-18(14)23-12-3-4-13-23)21-11-9-17-22-15-7-1-2-8-16(15)25-17/h5-6,10H,1-4,7-9,11-13H2,(H,21,24). The van der Waals surface area contributed by atoms with E-state index in [-0.39, 0.29) is 5.91 Å². The van der Waals surface area contributed by atoms with Gasteiger partial charge in [0.2, 0.25) is 0 Å². The summed E-state index contributed by atoms with van der Waals surface area (Å²) in [6.45, 7) is 2.60. The van der Waals surface area contributed by atoms with Crippen molar-refractivity contribution in [2.75, 3.05) is 24.5 Å². The van der Waals surface area contributed by atoms with E-state index in [9.17, 15) is 4.79 Å². The summed E-state index contributed by atoms with van der Waals surface area (Å²) in [5, 5.41) is 4.20. The molecule has 0 spiro atoms. The van der Waals surface area contributed by atoms with Crippen LogP contribution in [0.15, 0.2) is 18.3 Å². The first-order valence-corrected chi connectivity index (χ1v) is 10.1. The van der Waals surface area contributed by atoms with E-state index in [1.165, 1.54) is 42.7 Å². The number of carbonyl (C=O) groups is 1. The third-order valence-electron chi connectivity index (χ3n) is 4.95. The second kappa shape index (κ2) is 7.52. The SMILES string of the molecule is O=C(NCCc1nc2c(s1)CCCC2)c1cccnc1N1CCCC1. The lowest BCUT2D eigenvalue weighted by Gasteiger charge is -2.19. The molecular weight excluding hydrogens is 332 g/mol. The van der Waals surface area contributed by atoms with Crippen LogP contribution in [0.4, 0.5) is 5.82 Å². The molecule has 2 aromatic heterocycles. The maximum absolute atomic E-state index is 12.6. The zero-order valence-electron chi connectivity index (χ0n) is 14.5. The van der Waals surface area contributed by atoms with Crippen molar-refractivity contribution in [1.29, 1.82) is 0 Å². The van der Waals surface area contributed by atoms with Gasteiger partial charge in [-0.2, -0.15) is 0 Å². The zero-order valence-corrected chi connectivity index (χ0v) is 15.3. The molecule has 1 N–H and O–H groups in total. The van der Waals surface area contributed by atoms with Crippen molar-refractivity contribution in [1.82, 2.24) is 15.3 Å². The fourth-order valence-corrected chi connectivity index (χ4v) is 4.80. The van der Waals surface area contributed by atoms with Crippen molar-refractivity contribution >= 4 is 23.1 Å². The van der Waals surface area contributed by atoms with Crippen LogP contribution in [-0.2, 0) is 19.3 Å². The van der Waals surface area contributed by atoms with E-state index in [2.05, 4.69) is 15.2 Å². The fraction of sp³-hybridized carbons (Fsp3) is 0.526. The Morgan fingerprint density at radius 2 is 2.04 bits per heavy atom. The highest BCUT2D eigenvalue weighted by atomic mass is 32.1. The Hall–Kier alpha value is -1.95. The van der Waals surface area contributed by atoms with Gasteiger partial charge in [-0.3, -0.25) is 4.79 Å². The van der Waals surface area contributed by atoms with Gasteiger partial charge in [-0.05, 0) is 50.7 Å². The Kier molecular flexibility index (Phi) is 4.97. The average Bonchev–Trinajstić information content (AvgIpc) is 3.31. The topological polar surface area (TPSA) is 58.1 Å². The molecule has 2 aliphatic rings. The van der Waals surface area contributed by atoms with Crippen LogP contribution >= 0.6 is 11.3 Å². The molecule has 0 bridgehead atoms. The summed E-state index contributed by atoms with van der Waals surface area (Å²) in [6, 6.07) is 3.71. The second-order valence-corrected chi connectivity index (χ2v) is 7.93. The van der Waals surface area contributed by atoms with Gasteiger partial charge >= 0.3 is 0 Å². The number of hydrogen-bond donors (Lipinski definition) is 1. The average molecular weight is 356 g/mol. The molecule has 25 heavy (non-hydrogen) atoms. The number of pyridine rings is 1. The number of nitrogens with one attached hydrogen (secondary N) is 1. The first-order chi connectivity index (χ1) is 12.3. The van der Waals surface area contributed by atoms with Gasteiger partial charge in [-0.15, -0.1) is 11.3 Å². The molecule has 4 rings (SSSR count). The molecule has 5 nitrogen and oxygen atoms in total. The van der Waals surface area contributed by atoms with Crippen molar-refractivity contribution in [2.24, 2.45) is 0 Å². The van der Waals surface area contributed by atoms with Crippen molar-refractivity contribution < 1.29 is 4.79 Å². The quantitative estimate of drug-likeness (QED) is 0.895. The van der Waals surface area contributed by atoms with Gasteiger partial charge in [0, 0.05) is 37.1 Å². The Balaban J connectivity index is 1.37. The van der Waals surface area contributed by atoms with E-state index in [4.69, 9.17) is 4.98 Å². The summed E-state index contributed by atoms with van der Waals surface area (Å²) >= 11 is 1.82. The van der Waals surface area contributed by atoms with E-state index in [1.807, 2.05) is 23.5 Å². The summed E-state index contributed by atoms with van der Waals surface area (Å²) < 4.78 is 0. The second-order valence-electron chi connectivity index (χ2n) is 6.76. The van der Waals surface area contributed by atoms with Gasteiger partial charge in [0.05, 0.1) is 16.3 Å². The lowest BCUT2D eigenvalue weighted by molar-refractivity contribution is 0.0954. The molecule has 1 fully saturated rings. The lowest BCUT2D eigenvalue weighted by Crippen LogP contribution is -2.29. The summed E-state index contributed by atoms with van der Waals surface area (Å²) in [7, 11) is 0. The number of amides is 1. The minimum Gasteiger partial charge on any atom is -0.356 e. The number of hydrogen-bond acceptors (Lipinski definition) is 5. The van der Waals surface area contributed by atoms with E-state index in [1.54, 1.807) is 6.20 Å². The molecule has 1 amide bonds. The lowest BCUT2D eigenvalue weighted by atomic mass is 10.0. The van der Waals surface area contributed by atoms with Crippen LogP contribution in [0.2, 0.25) is 0 Å². The van der Waals surface area contributed by atoms with E-state index in [0.29, 0.717) is 12.1 Å². The molecule has 132 valence electrons. The first kappa shape index (κ1) is 16.5. The third-order valence-corrected chi connectivity index (χ3v) is 6.17. The number of aryl methyl sites for hydroxylation is 2. The van der Waals surface area contributed by atoms with Gasteiger partial charge < -0.3 is 10.2 Å². The van der Waals surface area contributed by atoms with Crippen LogP contribution in [-0.4, -0.2) is 35.5 Å². The number of thiazole rings is 1. The third kappa shape index (κ3) is 3.68. The fourth-order valence-electron chi connectivity index (χ4n) is 3.65.